The van der Waals surface area contributed by atoms with E-state index in [-0.39, 0.29) is 4.90 Å². The lowest BCUT2D eigenvalue weighted by atomic mass is 10.2. The molecule has 0 aliphatic carbocycles. The molecule has 2 aromatic rings. The maximum Gasteiger partial charge on any atom is 0.259 e. The molecule has 2 atom stereocenters. The van der Waals surface area contributed by atoms with E-state index >= 15 is 0 Å². The van der Waals surface area contributed by atoms with Gasteiger partial charge in [0, 0.05) is 11.6 Å². The van der Waals surface area contributed by atoms with Gasteiger partial charge < -0.3 is 10.5 Å². The molecular formula is C16H15ClF2N2O4S2. The highest BCUT2D eigenvalue weighted by molar-refractivity contribution is 7.89. The summed E-state index contributed by atoms with van der Waals surface area (Å²) in [6.45, 7) is -0.391. The van der Waals surface area contributed by atoms with Gasteiger partial charge in [0.1, 0.15) is 0 Å². The lowest BCUT2D eigenvalue weighted by molar-refractivity contribution is -0.124. The number of halogens is 3. The Morgan fingerprint density at radius 1 is 1.19 bits per heavy atom. The number of para-hydroxylation sites is 1. The molecule has 0 radical (unpaired) electrons. The number of nitrogens with one attached hydrogen (secondary N) is 1. The molecule has 11 heteroatoms. The van der Waals surface area contributed by atoms with Crippen LogP contribution in [-0.4, -0.2) is 32.2 Å². The van der Waals surface area contributed by atoms with Gasteiger partial charge in [-0.05, 0) is 36.4 Å². The molecule has 2 aromatic carbocycles. The van der Waals surface area contributed by atoms with Crippen molar-refractivity contribution in [1.82, 2.24) is 4.72 Å². The SMILES string of the molecule is NC(=O)C(Oc1c(F)cccc1F)C(S)CNS(=O)(=O)c1ccc(Cl)cc1. The largest absolute Gasteiger partial charge is 0.473 e. The summed E-state index contributed by atoms with van der Waals surface area (Å²) in [6.07, 6.45) is -1.59. The van der Waals surface area contributed by atoms with Crippen molar-refractivity contribution in [3.05, 3.63) is 59.1 Å². The Morgan fingerprint density at radius 3 is 2.26 bits per heavy atom. The Hall–Kier alpha value is -1.88. The van der Waals surface area contributed by atoms with Crippen LogP contribution in [0.4, 0.5) is 8.78 Å². The number of rotatable bonds is 8. The van der Waals surface area contributed by atoms with Crippen molar-refractivity contribution in [2.24, 2.45) is 5.73 Å². The molecule has 0 saturated heterocycles. The number of thiol groups is 1. The molecule has 0 aliphatic rings. The quantitative estimate of drug-likeness (QED) is 0.552. The van der Waals surface area contributed by atoms with Crippen LogP contribution in [0.3, 0.4) is 0 Å². The Morgan fingerprint density at radius 2 is 1.74 bits per heavy atom. The van der Waals surface area contributed by atoms with E-state index in [0.717, 1.165) is 18.2 Å². The number of nitrogens with two attached hydrogens (primary N) is 1. The van der Waals surface area contributed by atoms with Crippen molar-refractivity contribution in [2.45, 2.75) is 16.2 Å². The van der Waals surface area contributed by atoms with Crippen LogP contribution in [0.25, 0.3) is 0 Å². The van der Waals surface area contributed by atoms with Gasteiger partial charge in [-0.2, -0.15) is 12.6 Å². The van der Waals surface area contributed by atoms with E-state index in [0.29, 0.717) is 5.02 Å². The minimum absolute atomic E-state index is 0.0656. The van der Waals surface area contributed by atoms with Gasteiger partial charge in [0.25, 0.3) is 5.91 Å². The highest BCUT2D eigenvalue weighted by Gasteiger charge is 2.29. The van der Waals surface area contributed by atoms with Gasteiger partial charge in [0.15, 0.2) is 23.5 Å². The third kappa shape index (κ3) is 5.55. The molecule has 0 aromatic heterocycles. The van der Waals surface area contributed by atoms with E-state index < -0.39 is 51.2 Å². The first-order valence-electron chi connectivity index (χ1n) is 7.45. The average Bonchev–Trinajstić information content (AvgIpc) is 2.59. The molecule has 2 rings (SSSR count). The Labute approximate surface area is 165 Å². The molecule has 0 saturated carbocycles. The first-order valence-corrected chi connectivity index (χ1v) is 9.83. The monoisotopic (exact) mass is 436 g/mol. The first kappa shape index (κ1) is 21.4. The highest BCUT2D eigenvalue weighted by Crippen LogP contribution is 2.24. The molecule has 2 unspecified atom stereocenters. The fourth-order valence-electron chi connectivity index (χ4n) is 2.05. The second-order valence-electron chi connectivity index (χ2n) is 5.36. The summed E-state index contributed by atoms with van der Waals surface area (Å²) in [5.41, 5.74) is 5.20. The van der Waals surface area contributed by atoms with Crippen molar-refractivity contribution in [3.63, 3.8) is 0 Å². The molecule has 0 spiro atoms. The zero-order chi connectivity index (χ0) is 20.2. The van der Waals surface area contributed by atoms with E-state index in [2.05, 4.69) is 17.4 Å². The Balaban J connectivity index is 2.12. The molecule has 146 valence electrons. The van der Waals surface area contributed by atoms with E-state index in [1.165, 1.54) is 24.3 Å². The number of carbonyl (C=O) groups excluding carboxylic acids is 1. The fraction of sp³-hybridized carbons (Fsp3) is 0.188. The molecule has 0 fully saturated rings. The number of sulfonamides is 1. The summed E-state index contributed by atoms with van der Waals surface area (Å²) in [7, 11) is -3.93. The minimum atomic E-state index is -3.93. The average molecular weight is 437 g/mol. The van der Waals surface area contributed by atoms with Gasteiger partial charge in [0.05, 0.1) is 10.1 Å². The molecule has 0 aliphatic heterocycles. The maximum atomic E-state index is 13.7. The molecule has 0 bridgehead atoms. The summed E-state index contributed by atoms with van der Waals surface area (Å²) in [5, 5.41) is -0.765. The van der Waals surface area contributed by atoms with Crippen molar-refractivity contribution in [3.8, 4) is 5.75 Å². The van der Waals surface area contributed by atoms with Crippen LogP contribution >= 0.6 is 24.2 Å². The molecule has 27 heavy (non-hydrogen) atoms. The number of carbonyl (C=O) groups is 1. The first-order chi connectivity index (χ1) is 12.6. The summed E-state index contributed by atoms with van der Waals surface area (Å²) in [4.78, 5) is 11.5. The molecule has 3 N–H and O–H groups in total. The summed E-state index contributed by atoms with van der Waals surface area (Å²) >= 11 is 9.80. The van der Waals surface area contributed by atoms with Crippen LogP contribution in [0.2, 0.25) is 5.02 Å². The van der Waals surface area contributed by atoms with Gasteiger partial charge in [-0.1, -0.05) is 17.7 Å². The third-order valence-corrected chi connectivity index (χ3v) is 5.54. The van der Waals surface area contributed by atoms with Crippen LogP contribution < -0.4 is 15.2 Å². The highest BCUT2D eigenvalue weighted by atomic mass is 35.5. The summed E-state index contributed by atoms with van der Waals surface area (Å²) in [5.74, 6) is -3.95. The van der Waals surface area contributed by atoms with Gasteiger partial charge >= 0.3 is 0 Å². The normalized spacial score (nSPS) is 13.8. The van der Waals surface area contributed by atoms with Crippen LogP contribution in [0.15, 0.2) is 47.4 Å². The fourth-order valence-corrected chi connectivity index (χ4v) is 3.66. The predicted octanol–water partition coefficient (Wildman–Crippen LogP) is 2.13. The maximum absolute atomic E-state index is 13.7. The standard InChI is InChI=1S/C16H15ClF2N2O4S2/c17-9-4-6-10(7-5-9)27(23,24)21-8-13(26)15(16(20)22)25-14-11(18)2-1-3-12(14)19/h1-7,13,15,21,26H,8H2,(H2,20,22). The van der Waals surface area contributed by atoms with Crippen LogP contribution in [0.1, 0.15) is 0 Å². The van der Waals surface area contributed by atoms with Crippen molar-refractivity contribution >= 4 is 40.2 Å². The molecular weight excluding hydrogens is 422 g/mol. The van der Waals surface area contributed by atoms with Crippen LogP contribution in [0, 0.1) is 11.6 Å². The van der Waals surface area contributed by atoms with Crippen molar-refractivity contribution in [1.29, 1.82) is 0 Å². The number of hydrogen-bond donors (Lipinski definition) is 3. The van der Waals surface area contributed by atoms with Gasteiger partial charge in [0.2, 0.25) is 10.0 Å². The smallest absolute Gasteiger partial charge is 0.259 e. The topological polar surface area (TPSA) is 98.5 Å². The predicted molar refractivity (Wildman–Crippen MR) is 99.4 cm³/mol. The number of hydrogen-bond acceptors (Lipinski definition) is 5. The third-order valence-electron chi connectivity index (χ3n) is 3.40. The summed E-state index contributed by atoms with van der Waals surface area (Å²) < 4.78 is 59.1. The lowest BCUT2D eigenvalue weighted by Gasteiger charge is -2.22. The zero-order valence-corrected chi connectivity index (χ0v) is 16.1. The van der Waals surface area contributed by atoms with E-state index in [9.17, 15) is 22.0 Å². The lowest BCUT2D eigenvalue weighted by Crippen LogP contribution is -2.46. The minimum Gasteiger partial charge on any atom is -0.473 e. The number of ether oxygens (including phenoxy) is 1. The van der Waals surface area contributed by atoms with Crippen LogP contribution in [0.5, 0.6) is 5.75 Å². The number of primary amides is 1. The molecule has 0 heterocycles. The van der Waals surface area contributed by atoms with Gasteiger partial charge in [-0.25, -0.2) is 21.9 Å². The second-order valence-corrected chi connectivity index (χ2v) is 8.23. The second kappa shape index (κ2) is 8.87. The number of benzene rings is 2. The zero-order valence-electron chi connectivity index (χ0n) is 13.6. The van der Waals surface area contributed by atoms with Gasteiger partial charge in [-0.3, -0.25) is 4.79 Å². The van der Waals surface area contributed by atoms with E-state index in [1.807, 2.05) is 0 Å². The summed E-state index contributed by atoms with van der Waals surface area (Å²) in [6, 6.07) is 8.36. The van der Waals surface area contributed by atoms with Crippen molar-refractivity contribution < 1.29 is 26.7 Å². The van der Waals surface area contributed by atoms with Crippen molar-refractivity contribution in [2.75, 3.05) is 6.54 Å². The molecule has 1 amide bonds. The van der Waals surface area contributed by atoms with E-state index in [1.54, 1.807) is 0 Å². The Bertz CT molecular complexity index is 906. The Kier molecular flexibility index (Phi) is 7.04. The number of amides is 1. The van der Waals surface area contributed by atoms with E-state index in [4.69, 9.17) is 22.1 Å². The van der Waals surface area contributed by atoms with Crippen LogP contribution in [-0.2, 0) is 14.8 Å². The van der Waals surface area contributed by atoms with Gasteiger partial charge in [-0.15, -0.1) is 0 Å². The molecule has 6 nitrogen and oxygen atoms in total.